The molecule has 0 spiro atoms. The van der Waals surface area contributed by atoms with E-state index in [4.69, 9.17) is 8.83 Å². The molecule has 0 saturated heterocycles. The second-order valence-electron chi connectivity index (χ2n) is 16.5. The number of anilines is 6. The minimum absolute atomic E-state index is 0.285. The van der Waals surface area contributed by atoms with E-state index in [0.717, 1.165) is 77.4 Å². The summed E-state index contributed by atoms with van der Waals surface area (Å²) in [5.41, 5.74) is 15.0. The Morgan fingerprint density at radius 1 is 0.375 bits per heavy atom. The summed E-state index contributed by atoms with van der Waals surface area (Å²) in [5, 5.41) is 6.73. The highest BCUT2D eigenvalue weighted by Crippen LogP contribution is 2.57. The predicted molar refractivity (Wildman–Crippen MR) is 232 cm³/mol. The van der Waals surface area contributed by atoms with Crippen molar-refractivity contribution >= 4 is 88.8 Å². The molecule has 0 atom stereocenters. The van der Waals surface area contributed by atoms with Crippen LogP contribution in [-0.2, 0) is 10.8 Å². The molecule has 56 heavy (non-hydrogen) atoms. The van der Waals surface area contributed by atoms with E-state index in [1.807, 2.05) is 0 Å². The Hall–Kier alpha value is -6.78. The third-order valence-electron chi connectivity index (χ3n) is 12.7. The first kappa shape index (κ1) is 31.6. The standard InChI is InChI=1S/C52H38N2O2/c1-51(2)39-19-11-13-21-41(39)53(33-15-7-5-8-16-33)43-25-23-35-37-27-31-30-46-38(28-32(31)29-45(37)55-49(35)47(43)51)36-24-26-44-48(50(36)56-46)52(3,4)40-20-12-14-22-42(40)54(44)34-17-9-6-10-18-34/h5-30H,1-4H3. The summed E-state index contributed by atoms with van der Waals surface area (Å²) >= 11 is 0. The Bertz CT molecular complexity index is 3040. The van der Waals surface area contributed by atoms with Crippen LogP contribution < -0.4 is 9.80 Å². The van der Waals surface area contributed by atoms with Gasteiger partial charge in [-0.15, -0.1) is 0 Å². The molecular formula is C52H38N2O2. The summed E-state index contributed by atoms with van der Waals surface area (Å²) in [6.07, 6.45) is 0. The summed E-state index contributed by atoms with van der Waals surface area (Å²) in [6.45, 7) is 9.31. The molecule has 2 aromatic heterocycles. The lowest BCUT2D eigenvalue weighted by atomic mass is 9.73. The third-order valence-corrected chi connectivity index (χ3v) is 12.7. The van der Waals surface area contributed by atoms with E-state index in [-0.39, 0.29) is 10.8 Å². The number of hydrogen-bond donors (Lipinski definition) is 0. The van der Waals surface area contributed by atoms with E-state index in [1.54, 1.807) is 0 Å². The fourth-order valence-electron chi connectivity index (χ4n) is 10.1. The molecule has 10 aromatic rings. The molecule has 8 aromatic carbocycles. The molecular weight excluding hydrogens is 685 g/mol. The van der Waals surface area contributed by atoms with Gasteiger partial charge in [0.1, 0.15) is 22.3 Å². The van der Waals surface area contributed by atoms with Crippen LogP contribution in [-0.4, -0.2) is 0 Å². The van der Waals surface area contributed by atoms with Crippen molar-refractivity contribution in [2.45, 2.75) is 38.5 Å². The fourth-order valence-corrected chi connectivity index (χ4v) is 10.1. The zero-order chi connectivity index (χ0) is 37.5. The van der Waals surface area contributed by atoms with Crippen molar-refractivity contribution in [2.24, 2.45) is 0 Å². The van der Waals surface area contributed by atoms with Gasteiger partial charge in [0.2, 0.25) is 0 Å². The largest absolute Gasteiger partial charge is 0.456 e. The maximum atomic E-state index is 7.01. The van der Waals surface area contributed by atoms with Gasteiger partial charge in [0.15, 0.2) is 0 Å². The van der Waals surface area contributed by atoms with Gasteiger partial charge < -0.3 is 18.6 Å². The van der Waals surface area contributed by atoms with Crippen molar-refractivity contribution in [1.29, 1.82) is 0 Å². The number of nitrogens with zero attached hydrogens (tertiary/aromatic N) is 2. The number of rotatable bonds is 2. The lowest BCUT2D eigenvalue weighted by molar-refractivity contribution is 0.602. The van der Waals surface area contributed by atoms with Gasteiger partial charge >= 0.3 is 0 Å². The normalized spacial score (nSPS) is 15.4. The van der Waals surface area contributed by atoms with Crippen LogP contribution in [0.2, 0.25) is 0 Å². The van der Waals surface area contributed by atoms with E-state index in [1.165, 1.54) is 33.6 Å². The van der Waals surface area contributed by atoms with Crippen LogP contribution in [0.15, 0.2) is 167 Å². The Balaban J connectivity index is 1.07. The van der Waals surface area contributed by atoms with E-state index in [0.29, 0.717) is 0 Å². The average molecular weight is 723 g/mol. The van der Waals surface area contributed by atoms with Gasteiger partial charge in [-0.25, -0.2) is 0 Å². The summed E-state index contributed by atoms with van der Waals surface area (Å²) in [4.78, 5) is 4.77. The number of furan rings is 2. The van der Waals surface area contributed by atoms with E-state index in [2.05, 4.69) is 195 Å². The van der Waals surface area contributed by atoms with Gasteiger partial charge in [-0.3, -0.25) is 0 Å². The summed E-state index contributed by atoms with van der Waals surface area (Å²) in [7, 11) is 0. The van der Waals surface area contributed by atoms with Crippen molar-refractivity contribution < 1.29 is 8.83 Å². The van der Waals surface area contributed by atoms with Crippen LogP contribution >= 0.6 is 0 Å². The molecule has 2 aliphatic heterocycles. The van der Waals surface area contributed by atoms with E-state index < -0.39 is 0 Å². The SMILES string of the molecule is CC1(C)c2ccccc2N(c2ccccc2)c2ccc3c(oc4cc5cc6c(cc5cc43)oc3c4c(ccc36)N(c3ccccc3)c3ccccc3C4(C)C)c21. The van der Waals surface area contributed by atoms with Crippen molar-refractivity contribution in [1.82, 2.24) is 0 Å². The van der Waals surface area contributed by atoms with Gasteiger partial charge in [-0.05, 0) is 107 Å². The molecule has 0 bridgehead atoms. The van der Waals surface area contributed by atoms with Crippen molar-refractivity contribution in [3.8, 4) is 0 Å². The van der Waals surface area contributed by atoms with Crippen LogP contribution in [0.1, 0.15) is 49.9 Å². The van der Waals surface area contributed by atoms with Crippen LogP contribution in [0.5, 0.6) is 0 Å². The zero-order valence-electron chi connectivity index (χ0n) is 31.7. The second-order valence-corrected chi connectivity index (χ2v) is 16.5. The smallest absolute Gasteiger partial charge is 0.141 e. The molecule has 0 radical (unpaired) electrons. The van der Waals surface area contributed by atoms with Crippen LogP contribution in [0.25, 0.3) is 54.6 Å². The molecule has 0 aliphatic carbocycles. The molecule has 0 unspecified atom stereocenters. The fraction of sp³-hybridized carbons (Fsp3) is 0.115. The summed E-state index contributed by atoms with van der Waals surface area (Å²) in [5.74, 6) is 0. The first-order valence-corrected chi connectivity index (χ1v) is 19.5. The summed E-state index contributed by atoms with van der Waals surface area (Å²) in [6, 6.07) is 57.0. The van der Waals surface area contributed by atoms with Gasteiger partial charge in [0, 0.05) is 54.9 Å². The van der Waals surface area contributed by atoms with Gasteiger partial charge in [0.05, 0.1) is 22.7 Å². The number of fused-ring (bicyclic) bond motifs is 13. The molecule has 4 heteroatoms. The minimum Gasteiger partial charge on any atom is -0.456 e. The Morgan fingerprint density at radius 3 is 1.20 bits per heavy atom. The van der Waals surface area contributed by atoms with Crippen LogP contribution in [0, 0.1) is 0 Å². The van der Waals surface area contributed by atoms with E-state index >= 15 is 0 Å². The quantitative estimate of drug-likeness (QED) is 0.178. The third kappa shape index (κ3) is 4.08. The molecule has 0 fully saturated rings. The molecule has 0 N–H and O–H groups in total. The van der Waals surface area contributed by atoms with Gasteiger partial charge in [0.25, 0.3) is 0 Å². The topological polar surface area (TPSA) is 32.8 Å². The Labute approximate surface area is 324 Å². The van der Waals surface area contributed by atoms with E-state index in [9.17, 15) is 0 Å². The van der Waals surface area contributed by atoms with Crippen LogP contribution in [0.4, 0.5) is 34.1 Å². The highest BCUT2D eigenvalue weighted by molar-refractivity contribution is 6.17. The highest BCUT2D eigenvalue weighted by atomic mass is 16.3. The zero-order valence-corrected chi connectivity index (χ0v) is 31.7. The maximum absolute atomic E-state index is 7.01. The maximum Gasteiger partial charge on any atom is 0.141 e. The molecule has 4 nitrogen and oxygen atoms in total. The second kappa shape index (κ2) is 10.9. The lowest BCUT2D eigenvalue weighted by Gasteiger charge is -2.41. The summed E-state index contributed by atoms with van der Waals surface area (Å²) < 4.78 is 14.0. The molecule has 0 amide bonds. The average Bonchev–Trinajstić information content (AvgIpc) is 3.76. The van der Waals surface area contributed by atoms with Crippen molar-refractivity contribution in [3.05, 3.63) is 180 Å². The first-order valence-electron chi connectivity index (χ1n) is 19.5. The number of para-hydroxylation sites is 4. The lowest BCUT2D eigenvalue weighted by Crippen LogP contribution is -2.30. The molecule has 0 saturated carbocycles. The molecule has 2 aliphatic rings. The Kier molecular flexibility index (Phi) is 6.15. The highest BCUT2D eigenvalue weighted by Gasteiger charge is 2.41. The molecule has 4 heterocycles. The van der Waals surface area contributed by atoms with Gasteiger partial charge in [-0.2, -0.15) is 0 Å². The molecule has 268 valence electrons. The number of benzene rings is 8. The first-order chi connectivity index (χ1) is 27.3. The van der Waals surface area contributed by atoms with Crippen LogP contribution in [0.3, 0.4) is 0 Å². The van der Waals surface area contributed by atoms with Crippen molar-refractivity contribution in [3.63, 3.8) is 0 Å². The minimum atomic E-state index is -0.285. The molecule has 12 rings (SSSR count). The Morgan fingerprint density at radius 2 is 0.768 bits per heavy atom. The monoisotopic (exact) mass is 722 g/mol. The van der Waals surface area contributed by atoms with Gasteiger partial charge in [-0.1, -0.05) is 100 Å². The number of hydrogen-bond acceptors (Lipinski definition) is 4. The predicted octanol–water partition coefficient (Wildman–Crippen LogP) is 14.9. The van der Waals surface area contributed by atoms with Crippen molar-refractivity contribution in [2.75, 3.05) is 9.80 Å².